The van der Waals surface area contributed by atoms with Gasteiger partial charge in [-0.15, -0.1) is 11.3 Å². The van der Waals surface area contributed by atoms with Gasteiger partial charge in [-0.05, 0) is 44.6 Å². The molecule has 0 atom stereocenters. The molecule has 5 heteroatoms. The average molecular weight is 304 g/mol. The molecule has 1 N–H and O–H groups in total. The van der Waals surface area contributed by atoms with E-state index in [2.05, 4.69) is 42.2 Å². The highest BCUT2D eigenvalue weighted by molar-refractivity contribution is 7.18. The quantitative estimate of drug-likeness (QED) is 0.928. The minimum absolute atomic E-state index is 0.601. The van der Waals surface area contributed by atoms with Crippen molar-refractivity contribution >= 4 is 33.3 Å². The van der Waals surface area contributed by atoms with E-state index in [0.29, 0.717) is 6.04 Å². The van der Waals surface area contributed by atoms with Crippen molar-refractivity contribution in [2.75, 3.05) is 24.3 Å². The number of rotatable bonds is 3. The average Bonchev–Trinajstić information content (AvgIpc) is 2.86. The first-order valence-electron chi connectivity index (χ1n) is 7.77. The summed E-state index contributed by atoms with van der Waals surface area (Å²) in [5.41, 5.74) is 0. The third-order valence-corrected chi connectivity index (χ3v) is 5.53. The largest absolute Gasteiger partial charge is 0.357 e. The molecule has 0 saturated heterocycles. The van der Waals surface area contributed by atoms with Crippen LogP contribution in [0.2, 0.25) is 0 Å². The van der Waals surface area contributed by atoms with Gasteiger partial charge < -0.3 is 10.2 Å². The Balaban J connectivity index is 1.97. The highest BCUT2D eigenvalue weighted by Gasteiger charge is 2.24. The van der Waals surface area contributed by atoms with Crippen LogP contribution in [0.25, 0.3) is 10.2 Å². The van der Waals surface area contributed by atoms with E-state index in [1.165, 1.54) is 35.9 Å². The van der Waals surface area contributed by atoms with Crippen molar-refractivity contribution in [1.82, 2.24) is 9.97 Å². The van der Waals surface area contributed by atoms with Gasteiger partial charge in [-0.1, -0.05) is 6.92 Å². The van der Waals surface area contributed by atoms with Crippen LogP contribution in [0, 0.1) is 12.8 Å². The predicted octanol–water partition coefficient (Wildman–Crippen LogP) is 4.06. The van der Waals surface area contributed by atoms with Crippen molar-refractivity contribution in [3.63, 3.8) is 0 Å². The summed E-state index contributed by atoms with van der Waals surface area (Å²) in [5, 5.41) is 4.28. The number of hydrogen-bond acceptors (Lipinski definition) is 5. The van der Waals surface area contributed by atoms with Crippen LogP contribution in [0.5, 0.6) is 0 Å². The highest BCUT2D eigenvalue weighted by Crippen LogP contribution is 2.35. The molecule has 1 aliphatic carbocycles. The van der Waals surface area contributed by atoms with Crippen molar-refractivity contribution in [1.29, 1.82) is 0 Å². The molecule has 1 saturated carbocycles. The van der Waals surface area contributed by atoms with Crippen LogP contribution in [-0.4, -0.2) is 30.1 Å². The summed E-state index contributed by atoms with van der Waals surface area (Å²) in [7, 11) is 4.07. The van der Waals surface area contributed by atoms with Crippen LogP contribution >= 0.6 is 11.3 Å². The smallest absolute Gasteiger partial charge is 0.225 e. The Morgan fingerprint density at radius 1 is 1.24 bits per heavy atom. The number of fused-ring (bicyclic) bond motifs is 1. The van der Waals surface area contributed by atoms with E-state index in [-0.39, 0.29) is 0 Å². The second kappa shape index (κ2) is 5.79. The molecule has 2 aromatic heterocycles. The number of nitrogens with zero attached hydrogens (tertiary/aromatic N) is 3. The molecule has 0 amide bonds. The normalized spacial score (nSPS) is 22.5. The zero-order valence-corrected chi connectivity index (χ0v) is 14.1. The topological polar surface area (TPSA) is 41.1 Å². The molecule has 114 valence electrons. The van der Waals surface area contributed by atoms with Crippen LogP contribution in [0.4, 0.5) is 11.8 Å². The van der Waals surface area contributed by atoms with Crippen molar-refractivity contribution in [3.05, 3.63) is 10.9 Å². The molecule has 0 aromatic carbocycles. The molecular weight excluding hydrogens is 280 g/mol. The number of aromatic nitrogens is 2. The summed E-state index contributed by atoms with van der Waals surface area (Å²) in [6.07, 6.45) is 5.18. The molecule has 4 nitrogen and oxygen atoms in total. The van der Waals surface area contributed by atoms with E-state index in [4.69, 9.17) is 4.98 Å². The van der Waals surface area contributed by atoms with E-state index < -0.39 is 0 Å². The molecule has 0 aliphatic heterocycles. The maximum atomic E-state index is 4.74. The van der Waals surface area contributed by atoms with Crippen molar-refractivity contribution in [3.8, 4) is 0 Å². The molecule has 0 spiro atoms. The summed E-state index contributed by atoms with van der Waals surface area (Å²) >= 11 is 1.74. The Morgan fingerprint density at radius 3 is 2.62 bits per heavy atom. The first-order chi connectivity index (χ1) is 10.1. The summed E-state index contributed by atoms with van der Waals surface area (Å²) in [4.78, 5) is 14.1. The van der Waals surface area contributed by atoms with Crippen LogP contribution < -0.4 is 10.2 Å². The van der Waals surface area contributed by atoms with Crippen LogP contribution in [0.3, 0.4) is 0 Å². The molecule has 0 unspecified atom stereocenters. The highest BCUT2D eigenvalue weighted by atomic mass is 32.1. The van der Waals surface area contributed by atoms with Crippen LogP contribution in [-0.2, 0) is 0 Å². The number of aryl methyl sites for hydroxylation is 1. The molecule has 1 aliphatic rings. The third kappa shape index (κ3) is 2.84. The maximum absolute atomic E-state index is 4.74. The second-order valence-corrected chi connectivity index (χ2v) is 7.46. The monoisotopic (exact) mass is 304 g/mol. The summed E-state index contributed by atoms with van der Waals surface area (Å²) in [6.45, 7) is 4.50. The Hall–Kier alpha value is -1.36. The van der Waals surface area contributed by atoms with Gasteiger partial charge in [0.15, 0.2) is 0 Å². The molecule has 21 heavy (non-hydrogen) atoms. The molecule has 2 heterocycles. The predicted molar refractivity (Wildman–Crippen MR) is 91.5 cm³/mol. The number of anilines is 2. The van der Waals surface area contributed by atoms with Gasteiger partial charge in [-0.25, -0.2) is 4.98 Å². The zero-order valence-electron chi connectivity index (χ0n) is 13.3. The van der Waals surface area contributed by atoms with Gasteiger partial charge in [0.05, 0.1) is 5.39 Å². The molecule has 1 fully saturated rings. The van der Waals surface area contributed by atoms with Gasteiger partial charge in [0.2, 0.25) is 5.95 Å². The molecule has 2 aromatic rings. The van der Waals surface area contributed by atoms with Crippen molar-refractivity contribution in [2.24, 2.45) is 5.92 Å². The second-order valence-electron chi connectivity index (χ2n) is 6.22. The fourth-order valence-corrected chi connectivity index (χ4v) is 4.08. The molecule has 3 rings (SSSR count). The SMILES string of the molecule is CNc1nc(N(C)C2CCC(C)CC2)c2cc(C)sc2n1. The summed E-state index contributed by atoms with van der Waals surface area (Å²) < 4.78 is 0. The maximum Gasteiger partial charge on any atom is 0.225 e. The van der Waals surface area contributed by atoms with Crippen LogP contribution in [0.15, 0.2) is 6.07 Å². The lowest BCUT2D eigenvalue weighted by molar-refractivity contribution is 0.340. The van der Waals surface area contributed by atoms with Gasteiger partial charge in [0.25, 0.3) is 0 Å². The van der Waals surface area contributed by atoms with Gasteiger partial charge in [0.1, 0.15) is 10.6 Å². The lowest BCUT2D eigenvalue weighted by Gasteiger charge is -2.34. The van der Waals surface area contributed by atoms with E-state index in [0.717, 1.165) is 22.5 Å². The third-order valence-electron chi connectivity index (χ3n) is 4.59. The molecule has 0 radical (unpaired) electrons. The van der Waals surface area contributed by atoms with Gasteiger partial charge in [-0.3, -0.25) is 0 Å². The standard InChI is InChI=1S/C16H24N4S/c1-10-5-7-12(8-6-10)20(4)14-13-9-11(2)21-15(13)19-16(17-3)18-14/h9-10,12H,5-8H2,1-4H3,(H,17,18,19). The lowest BCUT2D eigenvalue weighted by atomic mass is 9.87. The zero-order chi connectivity index (χ0) is 15.0. The number of hydrogen-bond donors (Lipinski definition) is 1. The van der Waals surface area contributed by atoms with E-state index in [1.54, 1.807) is 11.3 Å². The Labute approximate surface area is 130 Å². The Morgan fingerprint density at radius 2 is 1.95 bits per heavy atom. The van der Waals surface area contributed by atoms with Gasteiger partial charge in [-0.2, -0.15) is 4.98 Å². The van der Waals surface area contributed by atoms with E-state index >= 15 is 0 Å². The van der Waals surface area contributed by atoms with Gasteiger partial charge in [0, 0.05) is 25.0 Å². The van der Waals surface area contributed by atoms with E-state index in [1.807, 2.05) is 7.05 Å². The lowest BCUT2D eigenvalue weighted by Crippen LogP contribution is -2.35. The van der Waals surface area contributed by atoms with Crippen molar-refractivity contribution in [2.45, 2.75) is 45.6 Å². The van der Waals surface area contributed by atoms with Crippen LogP contribution in [0.1, 0.15) is 37.5 Å². The van der Waals surface area contributed by atoms with Gasteiger partial charge >= 0.3 is 0 Å². The molecule has 0 bridgehead atoms. The summed E-state index contributed by atoms with van der Waals surface area (Å²) in [6, 6.07) is 2.82. The Kier molecular flexibility index (Phi) is 4.02. The fourth-order valence-electron chi connectivity index (χ4n) is 3.21. The van der Waals surface area contributed by atoms with Crippen molar-refractivity contribution < 1.29 is 0 Å². The fraction of sp³-hybridized carbons (Fsp3) is 0.625. The minimum atomic E-state index is 0.601. The van der Waals surface area contributed by atoms with E-state index in [9.17, 15) is 0 Å². The Bertz CT molecular complexity index is 628. The molecular formula is C16H24N4S. The number of nitrogens with one attached hydrogen (secondary N) is 1. The first-order valence-corrected chi connectivity index (χ1v) is 8.59. The number of thiophene rings is 1. The first kappa shape index (κ1) is 14.6. The summed E-state index contributed by atoms with van der Waals surface area (Å²) in [5.74, 6) is 2.67. The minimum Gasteiger partial charge on any atom is -0.357 e.